The second kappa shape index (κ2) is 6.36. The maximum absolute atomic E-state index is 10.6. The quantitative estimate of drug-likeness (QED) is 0.492. The molecule has 0 amide bonds. The molecule has 3 N–H and O–H groups in total. The number of nitrogens with two attached hydrogens (primary N) is 1. The SMILES string of the molecule is CC(C)(C)C(N)C(CO)Sc1ccc([N+](=O)[O-])cc1. The van der Waals surface area contributed by atoms with Crippen molar-refractivity contribution in [3.8, 4) is 0 Å². The maximum Gasteiger partial charge on any atom is 0.269 e. The van der Waals surface area contributed by atoms with Gasteiger partial charge in [-0.1, -0.05) is 20.8 Å². The molecule has 0 fully saturated rings. The fourth-order valence-electron chi connectivity index (χ4n) is 1.60. The number of nitro benzene ring substituents is 1. The molecule has 0 aliphatic rings. The molecule has 5 nitrogen and oxygen atoms in total. The number of thioether (sulfide) groups is 1. The third kappa shape index (κ3) is 4.49. The predicted molar refractivity (Wildman–Crippen MR) is 77.3 cm³/mol. The molecular formula is C13H20N2O3S. The van der Waals surface area contributed by atoms with Crippen molar-refractivity contribution >= 4 is 17.4 Å². The zero-order valence-electron chi connectivity index (χ0n) is 11.4. The summed E-state index contributed by atoms with van der Waals surface area (Å²) in [5.74, 6) is 0. The van der Waals surface area contributed by atoms with Crippen molar-refractivity contribution in [2.45, 2.75) is 37.0 Å². The Bertz CT molecular complexity index is 429. The van der Waals surface area contributed by atoms with Crippen LogP contribution in [-0.2, 0) is 0 Å². The molecule has 0 saturated carbocycles. The van der Waals surface area contributed by atoms with Crippen LogP contribution < -0.4 is 5.73 Å². The molecule has 0 heterocycles. The van der Waals surface area contributed by atoms with Crippen LogP contribution in [0.5, 0.6) is 0 Å². The smallest absolute Gasteiger partial charge is 0.269 e. The zero-order valence-corrected chi connectivity index (χ0v) is 12.2. The number of non-ortho nitro benzene ring substituents is 1. The number of aliphatic hydroxyl groups is 1. The lowest BCUT2D eigenvalue weighted by Gasteiger charge is -2.32. The lowest BCUT2D eigenvalue weighted by atomic mass is 9.85. The number of nitrogens with zero attached hydrogens (tertiary/aromatic N) is 1. The summed E-state index contributed by atoms with van der Waals surface area (Å²) in [5.41, 5.74) is 6.09. The third-order valence-corrected chi connectivity index (χ3v) is 4.20. The van der Waals surface area contributed by atoms with E-state index in [0.29, 0.717) is 0 Å². The molecule has 0 aliphatic heterocycles. The Morgan fingerprint density at radius 2 is 1.89 bits per heavy atom. The van der Waals surface area contributed by atoms with Gasteiger partial charge in [-0.15, -0.1) is 11.8 Å². The van der Waals surface area contributed by atoms with Gasteiger partial charge in [0.2, 0.25) is 0 Å². The summed E-state index contributed by atoms with van der Waals surface area (Å²) in [6.45, 7) is 6.05. The summed E-state index contributed by atoms with van der Waals surface area (Å²) in [5, 5.41) is 19.9. The highest BCUT2D eigenvalue weighted by molar-refractivity contribution is 8.00. The summed E-state index contributed by atoms with van der Waals surface area (Å²) in [6, 6.07) is 6.11. The molecule has 1 rings (SSSR count). The molecule has 19 heavy (non-hydrogen) atoms. The predicted octanol–water partition coefficient (Wildman–Crippen LogP) is 2.42. The van der Waals surface area contributed by atoms with Crippen LogP contribution in [0.2, 0.25) is 0 Å². The first kappa shape index (κ1) is 15.9. The van der Waals surface area contributed by atoms with Crippen LogP contribution in [0.3, 0.4) is 0 Å². The summed E-state index contributed by atoms with van der Waals surface area (Å²) >= 11 is 1.45. The number of nitro groups is 1. The van der Waals surface area contributed by atoms with Gasteiger partial charge in [0.05, 0.1) is 11.5 Å². The fourth-order valence-corrected chi connectivity index (χ4v) is 2.88. The van der Waals surface area contributed by atoms with E-state index in [4.69, 9.17) is 5.73 Å². The Balaban J connectivity index is 2.79. The third-order valence-electron chi connectivity index (χ3n) is 2.92. The van der Waals surface area contributed by atoms with Crippen molar-refractivity contribution in [3.05, 3.63) is 34.4 Å². The van der Waals surface area contributed by atoms with Crippen molar-refractivity contribution < 1.29 is 10.0 Å². The van der Waals surface area contributed by atoms with Crippen LogP contribution in [0.25, 0.3) is 0 Å². The number of benzene rings is 1. The van der Waals surface area contributed by atoms with E-state index < -0.39 is 4.92 Å². The van der Waals surface area contributed by atoms with Crippen LogP contribution in [0.4, 0.5) is 5.69 Å². The summed E-state index contributed by atoms with van der Waals surface area (Å²) in [6.07, 6.45) is 0. The second-order valence-corrected chi connectivity index (χ2v) is 6.79. The van der Waals surface area contributed by atoms with E-state index in [1.807, 2.05) is 20.8 Å². The van der Waals surface area contributed by atoms with Crippen molar-refractivity contribution in [1.82, 2.24) is 0 Å². The molecule has 0 spiro atoms. The van der Waals surface area contributed by atoms with Gasteiger partial charge in [0.1, 0.15) is 0 Å². The molecule has 106 valence electrons. The standard InChI is InChI=1S/C13H20N2O3S/c1-13(2,3)12(14)11(8-16)19-10-6-4-9(5-7-10)15(17)18/h4-7,11-12,16H,8,14H2,1-3H3. The van der Waals surface area contributed by atoms with Gasteiger partial charge in [-0.05, 0) is 17.5 Å². The molecule has 0 aromatic heterocycles. The summed E-state index contributed by atoms with van der Waals surface area (Å²) < 4.78 is 0. The average Bonchev–Trinajstić information content (AvgIpc) is 2.34. The average molecular weight is 284 g/mol. The first-order valence-electron chi connectivity index (χ1n) is 6.03. The highest BCUT2D eigenvalue weighted by Crippen LogP contribution is 2.32. The van der Waals surface area contributed by atoms with Crippen molar-refractivity contribution in [1.29, 1.82) is 0 Å². The Kier molecular flexibility index (Phi) is 5.34. The first-order valence-corrected chi connectivity index (χ1v) is 6.91. The van der Waals surface area contributed by atoms with Crippen LogP contribution in [0.1, 0.15) is 20.8 Å². The number of hydrogen-bond acceptors (Lipinski definition) is 5. The van der Waals surface area contributed by atoms with Crippen molar-refractivity contribution in [2.24, 2.45) is 11.1 Å². The van der Waals surface area contributed by atoms with E-state index >= 15 is 0 Å². The van der Waals surface area contributed by atoms with Gasteiger partial charge in [-0.3, -0.25) is 10.1 Å². The lowest BCUT2D eigenvalue weighted by Crippen LogP contribution is -2.45. The molecular weight excluding hydrogens is 264 g/mol. The minimum absolute atomic E-state index is 0.0277. The van der Waals surface area contributed by atoms with Gasteiger partial charge in [-0.25, -0.2) is 0 Å². The molecule has 0 aliphatic carbocycles. The molecule has 1 aromatic carbocycles. The molecule has 6 heteroatoms. The maximum atomic E-state index is 10.6. The summed E-state index contributed by atoms with van der Waals surface area (Å²) in [4.78, 5) is 11.0. The van der Waals surface area contributed by atoms with Crippen LogP contribution in [-0.4, -0.2) is 27.9 Å². The van der Waals surface area contributed by atoms with Crippen LogP contribution in [0.15, 0.2) is 29.2 Å². The molecule has 0 bridgehead atoms. The fraction of sp³-hybridized carbons (Fsp3) is 0.538. The summed E-state index contributed by atoms with van der Waals surface area (Å²) in [7, 11) is 0. The minimum Gasteiger partial charge on any atom is -0.395 e. The monoisotopic (exact) mass is 284 g/mol. The van der Waals surface area contributed by atoms with E-state index in [1.54, 1.807) is 12.1 Å². The van der Waals surface area contributed by atoms with Crippen LogP contribution >= 0.6 is 11.8 Å². The van der Waals surface area contributed by atoms with E-state index in [9.17, 15) is 15.2 Å². The normalized spacial score (nSPS) is 15.0. The Morgan fingerprint density at radius 3 is 2.26 bits per heavy atom. The zero-order chi connectivity index (χ0) is 14.6. The van der Waals surface area contributed by atoms with Crippen molar-refractivity contribution in [2.75, 3.05) is 6.61 Å². The molecule has 0 saturated heterocycles. The van der Waals surface area contributed by atoms with E-state index in [0.717, 1.165) is 4.90 Å². The van der Waals surface area contributed by atoms with Gasteiger partial charge >= 0.3 is 0 Å². The molecule has 2 atom stereocenters. The topological polar surface area (TPSA) is 89.4 Å². The second-order valence-electron chi connectivity index (χ2n) is 5.48. The van der Waals surface area contributed by atoms with E-state index in [-0.39, 0.29) is 29.0 Å². The highest BCUT2D eigenvalue weighted by atomic mass is 32.2. The van der Waals surface area contributed by atoms with E-state index in [1.165, 1.54) is 23.9 Å². The molecule has 0 radical (unpaired) electrons. The largest absolute Gasteiger partial charge is 0.395 e. The van der Waals surface area contributed by atoms with Gasteiger partial charge in [-0.2, -0.15) is 0 Å². The van der Waals surface area contributed by atoms with Crippen molar-refractivity contribution in [3.63, 3.8) is 0 Å². The molecule has 1 aromatic rings. The first-order chi connectivity index (χ1) is 8.75. The number of hydrogen-bond donors (Lipinski definition) is 2. The Morgan fingerprint density at radius 1 is 1.37 bits per heavy atom. The van der Waals surface area contributed by atoms with Gasteiger partial charge in [0, 0.05) is 28.3 Å². The minimum atomic E-state index is -0.432. The number of aliphatic hydroxyl groups excluding tert-OH is 1. The Hall–Kier alpha value is -1.11. The lowest BCUT2D eigenvalue weighted by molar-refractivity contribution is -0.384. The van der Waals surface area contributed by atoms with Crippen LogP contribution in [0, 0.1) is 15.5 Å². The van der Waals surface area contributed by atoms with E-state index in [2.05, 4.69) is 0 Å². The van der Waals surface area contributed by atoms with Gasteiger partial charge < -0.3 is 10.8 Å². The Labute approximate surface area is 117 Å². The molecule has 2 unspecified atom stereocenters. The number of rotatable bonds is 5. The van der Waals surface area contributed by atoms with Gasteiger partial charge in [0.25, 0.3) is 5.69 Å². The van der Waals surface area contributed by atoms with Gasteiger partial charge in [0.15, 0.2) is 0 Å². The highest BCUT2D eigenvalue weighted by Gasteiger charge is 2.29.